The van der Waals surface area contributed by atoms with Gasteiger partial charge in [-0.15, -0.1) is 0 Å². The average molecular weight is 442 g/mol. The summed E-state index contributed by atoms with van der Waals surface area (Å²) in [5.41, 5.74) is 3.79. The second kappa shape index (κ2) is 11.6. The third-order valence-electron chi connectivity index (χ3n) is 5.50. The maximum absolute atomic E-state index is 11.8. The molecule has 0 radical (unpaired) electrons. The molecule has 0 fully saturated rings. The molecule has 0 amide bonds. The first kappa shape index (κ1) is 25.2. The van der Waals surface area contributed by atoms with Gasteiger partial charge in [-0.3, -0.25) is 9.59 Å². The molecule has 0 bridgehead atoms. The molecule has 0 spiro atoms. The Balaban J connectivity index is 2.27. The summed E-state index contributed by atoms with van der Waals surface area (Å²) in [6, 6.07) is 14.3. The van der Waals surface area contributed by atoms with Crippen molar-refractivity contribution < 1.29 is 24.5 Å². The summed E-state index contributed by atoms with van der Waals surface area (Å²) in [5.74, 6) is -1.40. The average Bonchev–Trinajstić information content (AvgIpc) is 2.73. The second-order valence-corrected chi connectivity index (χ2v) is 8.60. The molecular weight excluding hydrogens is 406 g/mol. The number of nitrogens with zero attached hydrogens (tertiary/aromatic N) is 1. The van der Waals surface area contributed by atoms with Crippen LogP contribution in [0.5, 0.6) is 5.75 Å². The lowest BCUT2D eigenvalue weighted by molar-refractivity contribution is -0.148. The lowest BCUT2D eigenvalue weighted by Crippen LogP contribution is -2.37. The van der Waals surface area contributed by atoms with Crippen molar-refractivity contribution in [2.45, 2.75) is 78.5 Å². The Morgan fingerprint density at radius 1 is 1.00 bits per heavy atom. The van der Waals surface area contributed by atoms with Crippen molar-refractivity contribution in [3.63, 3.8) is 0 Å². The van der Waals surface area contributed by atoms with Crippen molar-refractivity contribution in [2.75, 3.05) is 4.90 Å². The van der Waals surface area contributed by atoms with Crippen LogP contribution in [-0.4, -0.2) is 34.2 Å². The first-order valence-corrected chi connectivity index (χ1v) is 11.2. The molecule has 0 aliphatic carbocycles. The van der Waals surface area contributed by atoms with Gasteiger partial charge in [-0.25, -0.2) is 0 Å². The molecule has 0 aliphatic heterocycles. The Morgan fingerprint density at radius 3 is 2.28 bits per heavy atom. The van der Waals surface area contributed by atoms with E-state index in [4.69, 9.17) is 9.84 Å². The number of aromatic hydroxyl groups is 1. The molecule has 0 saturated heterocycles. The van der Waals surface area contributed by atoms with Crippen LogP contribution in [-0.2, 0) is 20.9 Å². The Labute approximate surface area is 190 Å². The molecule has 0 saturated carbocycles. The van der Waals surface area contributed by atoms with E-state index >= 15 is 0 Å². The van der Waals surface area contributed by atoms with Crippen LogP contribution < -0.4 is 4.90 Å². The Bertz CT molecular complexity index is 914. The normalized spacial score (nSPS) is 12.1. The minimum Gasteiger partial charge on any atom is -0.508 e. The quantitative estimate of drug-likeness (QED) is 0.450. The van der Waals surface area contributed by atoms with Crippen molar-refractivity contribution in [1.82, 2.24) is 0 Å². The van der Waals surface area contributed by atoms with Gasteiger partial charge in [0.25, 0.3) is 0 Å². The molecule has 1 atom stereocenters. The van der Waals surface area contributed by atoms with E-state index in [0.717, 1.165) is 28.8 Å². The van der Waals surface area contributed by atoms with Crippen molar-refractivity contribution in [3.05, 3.63) is 59.2 Å². The topological polar surface area (TPSA) is 87.1 Å². The number of carbonyl (C=O) groups excluding carboxylic acids is 1. The van der Waals surface area contributed by atoms with Gasteiger partial charge in [0.1, 0.15) is 12.4 Å². The summed E-state index contributed by atoms with van der Waals surface area (Å²) in [5, 5.41) is 19.3. The first-order valence-electron chi connectivity index (χ1n) is 11.2. The zero-order chi connectivity index (χ0) is 23.8. The minimum atomic E-state index is -1.03. The van der Waals surface area contributed by atoms with E-state index in [0.29, 0.717) is 12.1 Å². The van der Waals surface area contributed by atoms with Crippen LogP contribution in [0.3, 0.4) is 0 Å². The predicted molar refractivity (Wildman–Crippen MR) is 126 cm³/mol. The van der Waals surface area contributed by atoms with Gasteiger partial charge in [0.05, 0.1) is 12.8 Å². The highest BCUT2D eigenvalue weighted by Gasteiger charge is 2.20. The van der Waals surface area contributed by atoms with E-state index < -0.39 is 11.9 Å². The number of hydrogen-bond acceptors (Lipinski definition) is 5. The lowest BCUT2D eigenvalue weighted by Gasteiger charge is -2.34. The van der Waals surface area contributed by atoms with Crippen LogP contribution >= 0.6 is 0 Å². The van der Waals surface area contributed by atoms with Crippen LogP contribution in [0.15, 0.2) is 42.5 Å². The highest BCUT2D eigenvalue weighted by molar-refractivity contribution is 5.76. The zero-order valence-electron chi connectivity index (χ0n) is 19.7. The molecule has 2 N–H and O–H groups in total. The van der Waals surface area contributed by atoms with Gasteiger partial charge in [0, 0.05) is 29.3 Å². The molecule has 2 aromatic rings. The molecule has 1 unspecified atom stereocenters. The molecule has 6 heteroatoms. The molecule has 2 aromatic carbocycles. The fourth-order valence-electron chi connectivity index (χ4n) is 4.15. The van der Waals surface area contributed by atoms with Gasteiger partial charge in [-0.05, 0) is 69.5 Å². The number of aliphatic carboxylic acids is 1. The number of carboxylic acid groups (broad SMARTS) is 1. The van der Waals surface area contributed by atoms with Crippen LogP contribution in [0.25, 0.3) is 0 Å². The second-order valence-electron chi connectivity index (χ2n) is 8.60. The number of esters is 1. The Kier molecular flexibility index (Phi) is 9.12. The predicted octanol–water partition coefficient (Wildman–Crippen LogP) is 5.47. The van der Waals surface area contributed by atoms with E-state index in [1.54, 1.807) is 12.1 Å². The van der Waals surface area contributed by atoms with Gasteiger partial charge < -0.3 is 19.8 Å². The summed E-state index contributed by atoms with van der Waals surface area (Å²) in [6.45, 7) is 10.8. The molecule has 0 aromatic heterocycles. The van der Waals surface area contributed by atoms with E-state index in [1.165, 1.54) is 0 Å². The maximum Gasteiger partial charge on any atom is 0.306 e. The summed E-state index contributed by atoms with van der Waals surface area (Å²) in [7, 11) is 0. The van der Waals surface area contributed by atoms with Crippen LogP contribution in [0.4, 0.5) is 5.69 Å². The standard InChI is InChI=1S/C26H35NO5/c1-6-22(20-8-7-9-21(15-20)27(17(2)3)18(4)5)23-14-19(10-11-24(23)28)16-32-26(31)13-12-25(29)30/h7-11,14-15,17-18,22,28H,6,12-13,16H2,1-5H3,(H,29,30). The SMILES string of the molecule is CCC(c1cccc(N(C(C)C)C(C)C)c1)c1cc(COC(=O)CCC(=O)O)ccc1O. The van der Waals surface area contributed by atoms with Crippen molar-refractivity contribution in [2.24, 2.45) is 0 Å². The molecule has 0 heterocycles. The number of anilines is 1. The maximum atomic E-state index is 11.8. The largest absolute Gasteiger partial charge is 0.508 e. The number of phenols is 1. The minimum absolute atomic E-state index is 0.0150. The highest BCUT2D eigenvalue weighted by atomic mass is 16.5. The molecular formula is C26H35NO5. The summed E-state index contributed by atoms with van der Waals surface area (Å²) >= 11 is 0. The van der Waals surface area contributed by atoms with Crippen molar-refractivity contribution in [1.29, 1.82) is 0 Å². The highest BCUT2D eigenvalue weighted by Crippen LogP contribution is 2.36. The molecule has 174 valence electrons. The number of benzene rings is 2. The van der Waals surface area contributed by atoms with Crippen LogP contribution in [0.1, 0.15) is 76.5 Å². The number of rotatable bonds is 11. The first-order chi connectivity index (χ1) is 15.1. The fraction of sp³-hybridized carbons (Fsp3) is 0.462. The van der Waals surface area contributed by atoms with Gasteiger partial charge >= 0.3 is 11.9 Å². The summed E-state index contributed by atoms with van der Waals surface area (Å²) < 4.78 is 5.21. The monoisotopic (exact) mass is 441 g/mol. The van der Waals surface area contributed by atoms with Crippen LogP contribution in [0, 0.1) is 0 Å². The van der Waals surface area contributed by atoms with E-state index in [9.17, 15) is 14.7 Å². The summed E-state index contributed by atoms with van der Waals surface area (Å²) in [4.78, 5) is 24.7. The number of hydrogen-bond donors (Lipinski definition) is 2. The Hall–Kier alpha value is -3.02. The van der Waals surface area contributed by atoms with Gasteiger partial charge in [0.2, 0.25) is 0 Å². The number of phenolic OH excluding ortho intramolecular Hbond substituents is 1. The molecule has 6 nitrogen and oxygen atoms in total. The van der Waals surface area contributed by atoms with E-state index in [2.05, 4.69) is 63.8 Å². The fourth-order valence-corrected chi connectivity index (χ4v) is 4.15. The smallest absolute Gasteiger partial charge is 0.306 e. The van der Waals surface area contributed by atoms with Crippen molar-refractivity contribution in [3.8, 4) is 5.75 Å². The van der Waals surface area contributed by atoms with Gasteiger partial charge in [-0.1, -0.05) is 25.1 Å². The van der Waals surface area contributed by atoms with E-state index in [-0.39, 0.29) is 31.1 Å². The van der Waals surface area contributed by atoms with Crippen LogP contribution in [0.2, 0.25) is 0 Å². The Morgan fingerprint density at radius 2 is 1.69 bits per heavy atom. The lowest BCUT2D eigenvalue weighted by atomic mass is 9.87. The summed E-state index contributed by atoms with van der Waals surface area (Å²) in [6.07, 6.45) is 0.382. The van der Waals surface area contributed by atoms with Crippen molar-refractivity contribution >= 4 is 17.6 Å². The third kappa shape index (κ3) is 6.74. The molecule has 0 aliphatic rings. The molecule has 32 heavy (non-hydrogen) atoms. The van der Waals surface area contributed by atoms with Gasteiger partial charge in [-0.2, -0.15) is 0 Å². The number of carbonyl (C=O) groups is 2. The number of carboxylic acids is 1. The van der Waals surface area contributed by atoms with E-state index in [1.807, 2.05) is 6.07 Å². The zero-order valence-corrected chi connectivity index (χ0v) is 19.7. The third-order valence-corrected chi connectivity index (χ3v) is 5.50. The molecule has 2 rings (SSSR count). The van der Waals surface area contributed by atoms with Gasteiger partial charge in [0.15, 0.2) is 0 Å². The number of ether oxygens (including phenoxy) is 1.